The van der Waals surface area contributed by atoms with Crippen LogP contribution in [0, 0.1) is 0 Å². The van der Waals surface area contributed by atoms with Crippen LogP contribution >= 0.6 is 0 Å². The molecule has 0 aliphatic carbocycles. The second-order valence-corrected chi connectivity index (χ2v) is 16.5. The molecule has 420 valence electrons. The molecule has 1 fully saturated rings. The highest BCUT2D eigenvalue weighted by molar-refractivity contribution is 6.01. The summed E-state index contributed by atoms with van der Waals surface area (Å²) in [5.74, 6) is -3.46. The Morgan fingerprint density at radius 2 is 0.842 bits per heavy atom. The van der Waals surface area contributed by atoms with Gasteiger partial charge in [0.1, 0.15) is 23.0 Å². The number of benzene rings is 3. The number of carbonyl (C=O) groups is 5. The van der Waals surface area contributed by atoms with Gasteiger partial charge in [0.25, 0.3) is 17.7 Å². The maximum atomic E-state index is 13.0. The Kier molecular flexibility index (Phi) is 29.1. The monoisotopic (exact) mass is 1070 g/mol. The van der Waals surface area contributed by atoms with E-state index in [9.17, 15) is 39.3 Å². The molecule has 2 aliphatic heterocycles. The molecule has 24 nitrogen and oxygen atoms in total. The van der Waals surface area contributed by atoms with Crippen molar-refractivity contribution in [2.45, 2.75) is 25.2 Å². The van der Waals surface area contributed by atoms with E-state index in [1.54, 1.807) is 24.3 Å². The number of hydrogen-bond acceptors (Lipinski definition) is 21. The molecule has 0 saturated carbocycles. The van der Waals surface area contributed by atoms with Gasteiger partial charge in [-0.25, -0.2) is 9.59 Å². The van der Waals surface area contributed by atoms with E-state index in [-0.39, 0.29) is 68.3 Å². The summed E-state index contributed by atoms with van der Waals surface area (Å²) >= 11 is 0. The number of carboxylic acid groups (broad SMARTS) is 1. The number of nitrogens with zero attached hydrogens (tertiary/aromatic N) is 1. The molecule has 0 radical (unpaired) electrons. The molecule has 76 heavy (non-hydrogen) atoms. The number of fused-ring (bicyclic) bond motifs is 2. The third-order valence-corrected chi connectivity index (χ3v) is 11.0. The van der Waals surface area contributed by atoms with Crippen LogP contribution in [0.2, 0.25) is 0 Å². The molecule has 5 rings (SSSR count). The number of rotatable bonds is 43. The summed E-state index contributed by atoms with van der Waals surface area (Å²) in [7, 11) is 0. The van der Waals surface area contributed by atoms with E-state index in [1.807, 2.05) is 0 Å². The van der Waals surface area contributed by atoms with Crippen LogP contribution < -0.4 is 10.1 Å². The fraction of sp³-hybridized carbons (Fsp3) is 0.558. The third-order valence-electron chi connectivity index (χ3n) is 11.0. The Morgan fingerprint density at radius 1 is 0.487 bits per heavy atom. The number of hydroxylamine groups is 2. The van der Waals surface area contributed by atoms with Gasteiger partial charge in [-0.1, -0.05) is 18.2 Å². The highest BCUT2D eigenvalue weighted by Crippen LogP contribution is 2.49. The number of aromatic hydroxyl groups is 2. The zero-order chi connectivity index (χ0) is 54.0. The minimum atomic E-state index is -1.22. The van der Waals surface area contributed by atoms with Crippen molar-refractivity contribution in [3.63, 3.8) is 0 Å². The molecule has 4 N–H and O–H groups in total. The molecule has 3 aromatic rings. The number of nitrogens with one attached hydrogen (secondary N) is 1. The number of phenolic OH excluding ortho intramolecular Hbond substituents is 2. The Bertz CT molecular complexity index is 2160. The van der Waals surface area contributed by atoms with Crippen LogP contribution in [0.1, 0.15) is 62.6 Å². The number of carboxylic acids is 1. The lowest BCUT2D eigenvalue weighted by molar-refractivity contribution is -0.198. The summed E-state index contributed by atoms with van der Waals surface area (Å²) in [5, 5.41) is 33.6. The van der Waals surface area contributed by atoms with Crippen molar-refractivity contribution in [3.05, 3.63) is 82.4 Å². The average molecular weight is 1080 g/mol. The first kappa shape index (κ1) is 61.0. The summed E-state index contributed by atoms with van der Waals surface area (Å²) in [6.07, 6.45) is 0.00386. The minimum Gasteiger partial charge on any atom is -0.508 e. The molecule has 2 aliphatic rings. The van der Waals surface area contributed by atoms with E-state index in [0.717, 1.165) is 0 Å². The van der Waals surface area contributed by atoms with Crippen molar-refractivity contribution in [1.82, 2.24) is 10.4 Å². The average Bonchev–Trinajstić information content (AvgIpc) is 3.72. The summed E-state index contributed by atoms with van der Waals surface area (Å²) in [5.41, 5.74) is 1.74. The smallest absolute Gasteiger partial charge is 0.336 e. The molecule has 0 unspecified atom stereocenters. The van der Waals surface area contributed by atoms with Gasteiger partial charge in [-0.2, -0.15) is 0 Å². The van der Waals surface area contributed by atoms with Gasteiger partial charge >= 0.3 is 11.9 Å². The summed E-state index contributed by atoms with van der Waals surface area (Å²) in [4.78, 5) is 64.8. The first-order valence-electron chi connectivity index (χ1n) is 25.1. The quantitative estimate of drug-likeness (QED) is 0.0366. The van der Waals surface area contributed by atoms with Crippen molar-refractivity contribution in [3.8, 4) is 23.0 Å². The van der Waals surface area contributed by atoms with E-state index in [4.69, 9.17) is 66.4 Å². The number of imide groups is 1. The molecule has 0 aromatic heterocycles. The number of ether oxygens (including phenoxy) is 13. The van der Waals surface area contributed by atoms with Crippen molar-refractivity contribution in [1.29, 1.82) is 0 Å². The van der Waals surface area contributed by atoms with Gasteiger partial charge in [0.05, 0.1) is 171 Å². The van der Waals surface area contributed by atoms with Gasteiger partial charge in [-0.3, -0.25) is 14.4 Å². The molecular weight excluding hydrogens is 1000 g/mol. The van der Waals surface area contributed by atoms with Crippen LogP contribution in [-0.4, -0.2) is 215 Å². The Balaban J connectivity index is 0.716. The third kappa shape index (κ3) is 22.8. The van der Waals surface area contributed by atoms with E-state index >= 15 is 0 Å². The topological polar surface area (TPSA) is 291 Å². The van der Waals surface area contributed by atoms with E-state index in [0.29, 0.717) is 172 Å². The van der Waals surface area contributed by atoms with Crippen LogP contribution in [0.3, 0.4) is 0 Å². The van der Waals surface area contributed by atoms with Crippen molar-refractivity contribution < 1.29 is 106 Å². The Morgan fingerprint density at radius 3 is 1.22 bits per heavy atom. The van der Waals surface area contributed by atoms with Gasteiger partial charge in [0.15, 0.2) is 0 Å². The predicted molar refractivity (Wildman–Crippen MR) is 265 cm³/mol. The minimum absolute atomic E-state index is 0.0328. The van der Waals surface area contributed by atoms with Crippen molar-refractivity contribution in [2.24, 2.45) is 0 Å². The predicted octanol–water partition coefficient (Wildman–Crippen LogP) is 3.01. The van der Waals surface area contributed by atoms with Crippen molar-refractivity contribution in [2.75, 3.05) is 165 Å². The molecular formula is C52H70N2O22. The standard InChI is InChI=1S/C52H70N2O22/c55-39-2-5-42-45(36-39)75-46-37-40(56)3-6-43(46)50(42)41-4-1-38(35-44(41)52(61)62)51(60)53-10-12-64-14-16-66-18-20-68-22-24-70-26-28-72-30-32-74-34-33-73-31-29-71-27-25-69-23-21-67-19-17-65-15-13-63-11-9-49(59)76-54-47(57)7-8-48(54)58/h1-6,35-37,50,55-56H,7-34H2,(H,53,60)(H,61,62). The number of carbonyl (C=O) groups excluding carboxylic acids is 4. The van der Waals surface area contributed by atoms with E-state index < -0.39 is 35.6 Å². The molecule has 0 bridgehead atoms. The highest BCUT2D eigenvalue weighted by atomic mass is 16.7. The number of phenols is 2. The molecule has 0 atom stereocenters. The lowest BCUT2D eigenvalue weighted by Gasteiger charge is -2.29. The second-order valence-electron chi connectivity index (χ2n) is 16.5. The van der Waals surface area contributed by atoms with Crippen LogP contribution in [0.5, 0.6) is 23.0 Å². The lowest BCUT2D eigenvalue weighted by Crippen LogP contribution is -2.32. The summed E-state index contributed by atoms with van der Waals surface area (Å²) < 4.78 is 71.6. The normalized spacial score (nSPS) is 13.2. The van der Waals surface area contributed by atoms with Crippen LogP contribution in [-0.2, 0) is 76.1 Å². The van der Waals surface area contributed by atoms with Gasteiger partial charge < -0.3 is 87.1 Å². The molecule has 3 amide bonds. The Labute approximate surface area is 440 Å². The first-order valence-corrected chi connectivity index (χ1v) is 25.1. The zero-order valence-corrected chi connectivity index (χ0v) is 42.6. The molecule has 1 saturated heterocycles. The maximum absolute atomic E-state index is 13.0. The maximum Gasteiger partial charge on any atom is 0.336 e. The van der Waals surface area contributed by atoms with Crippen molar-refractivity contribution >= 4 is 29.7 Å². The SMILES string of the molecule is O=C(CCOCCOCCOCCOCCOCCOCCOCCOCCOCCOCCOCCOCCNC(=O)c1ccc(C2c3ccc(O)cc3Oc3cc(O)ccc32)c(C(=O)O)c1)ON1C(=O)CCC1=O. The number of amides is 3. The zero-order valence-electron chi connectivity index (χ0n) is 42.6. The molecule has 24 heteroatoms. The van der Waals surface area contributed by atoms with Gasteiger partial charge in [0, 0.05) is 54.1 Å². The second kappa shape index (κ2) is 36.2. The van der Waals surface area contributed by atoms with Crippen LogP contribution in [0.15, 0.2) is 54.6 Å². The van der Waals surface area contributed by atoms with Gasteiger partial charge in [0.2, 0.25) is 0 Å². The largest absolute Gasteiger partial charge is 0.508 e. The number of hydrogen-bond donors (Lipinski definition) is 4. The first-order chi connectivity index (χ1) is 37.1. The van der Waals surface area contributed by atoms with Gasteiger partial charge in [-0.15, -0.1) is 5.06 Å². The summed E-state index contributed by atoms with van der Waals surface area (Å²) in [6, 6.07) is 13.6. The Hall–Kier alpha value is -5.87. The fourth-order valence-corrected chi connectivity index (χ4v) is 7.28. The van der Waals surface area contributed by atoms with Crippen LogP contribution in [0.4, 0.5) is 0 Å². The van der Waals surface area contributed by atoms with E-state index in [1.165, 1.54) is 30.3 Å². The van der Waals surface area contributed by atoms with E-state index in [2.05, 4.69) is 5.32 Å². The number of aromatic carboxylic acids is 1. The van der Waals surface area contributed by atoms with Crippen LogP contribution in [0.25, 0.3) is 0 Å². The molecule has 0 spiro atoms. The lowest BCUT2D eigenvalue weighted by atomic mass is 9.80. The molecule has 2 heterocycles. The fourth-order valence-electron chi connectivity index (χ4n) is 7.28. The summed E-state index contributed by atoms with van der Waals surface area (Å²) in [6.45, 7) is 9.25. The highest BCUT2D eigenvalue weighted by Gasteiger charge is 2.34. The molecule has 3 aromatic carbocycles. The van der Waals surface area contributed by atoms with Gasteiger partial charge in [-0.05, 0) is 29.8 Å².